The normalized spacial score (nSPS) is 14.8. The summed E-state index contributed by atoms with van der Waals surface area (Å²) in [5.74, 6) is 0.836. The standard InChI is InChI=1S/C15H20N2OS/c1-17(14(18)9-11-4-2-5-11)10-12-6-3-7-13(8-12)15(16)19/h3,6-8,11H,2,4-5,9-10H2,1H3,(H2,16,19). The van der Waals surface area contributed by atoms with Crippen LogP contribution < -0.4 is 5.73 Å². The van der Waals surface area contributed by atoms with E-state index in [1.807, 2.05) is 31.3 Å². The monoisotopic (exact) mass is 276 g/mol. The zero-order chi connectivity index (χ0) is 13.8. The van der Waals surface area contributed by atoms with E-state index in [-0.39, 0.29) is 5.91 Å². The van der Waals surface area contributed by atoms with Crippen molar-refractivity contribution in [1.82, 2.24) is 4.90 Å². The molecule has 4 heteroatoms. The molecule has 0 unspecified atom stereocenters. The van der Waals surface area contributed by atoms with Gasteiger partial charge >= 0.3 is 0 Å². The summed E-state index contributed by atoms with van der Waals surface area (Å²) in [7, 11) is 1.86. The number of carbonyl (C=O) groups excluding carboxylic acids is 1. The highest BCUT2D eigenvalue weighted by molar-refractivity contribution is 7.80. The molecule has 102 valence electrons. The number of rotatable bonds is 5. The molecule has 19 heavy (non-hydrogen) atoms. The Morgan fingerprint density at radius 1 is 1.47 bits per heavy atom. The lowest BCUT2D eigenvalue weighted by atomic mass is 9.83. The Morgan fingerprint density at radius 3 is 2.79 bits per heavy atom. The lowest BCUT2D eigenvalue weighted by Gasteiger charge is -2.27. The Bertz CT molecular complexity index is 483. The first-order chi connectivity index (χ1) is 9.06. The van der Waals surface area contributed by atoms with Gasteiger partial charge in [-0.25, -0.2) is 0 Å². The smallest absolute Gasteiger partial charge is 0.222 e. The van der Waals surface area contributed by atoms with E-state index in [4.69, 9.17) is 18.0 Å². The fourth-order valence-electron chi connectivity index (χ4n) is 2.28. The van der Waals surface area contributed by atoms with Gasteiger partial charge in [0.05, 0.1) is 0 Å². The lowest BCUT2D eigenvalue weighted by molar-refractivity contribution is -0.132. The number of hydrogen-bond donors (Lipinski definition) is 1. The minimum Gasteiger partial charge on any atom is -0.389 e. The molecule has 1 fully saturated rings. The van der Waals surface area contributed by atoms with E-state index < -0.39 is 0 Å². The van der Waals surface area contributed by atoms with Crippen LogP contribution in [0.2, 0.25) is 0 Å². The van der Waals surface area contributed by atoms with Gasteiger partial charge in [-0.05, 0) is 30.4 Å². The summed E-state index contributed by atoms with van der Waals surface area (Å²) in [5.41, 5.74) is 7.53. The van der Waals surface area contributed by atoms with Crippen molar-refractivity contribution in [2.45, 2.75) is 32.2 Å². The fraction of sp³-hybridized carbons (Fsp3) is 0.467. The minimum absolute atomic E-state index is 0.227. The molecule has 1 aromatic rings. The van der Waals surface area contributed by atoms with Gasteiger partial charge in [-0.1, -0.05) is 36.8 Å². The maximum absolute atomic E-state index is 12.0. The van der Waals surface area contributed by atoms with E-state index in [0.29, 0.717) is 23.9 Å². The largest absolute Gasteiger partial charge is 0.389 e. The molecule has 2 rings (SSSR count). The lowest BCUT2D eigenvalue weighted by Crippen LogP contribution is -2.29. The van der Waals surface area contributed by atoms with E-state index in [9.17, 15) is 4.79 Å². The van der Waals surface area contributed by atoms with Crippen LogP contribution in [-0.2, 0) is 11.3 Å². The number of amides is 1. The van der Waals surface area contributed by atoms with Gasteiger partial charge in [-0.3, -0.25) is 4.79 Å². The average Bonchev–Trinajstić information content (AvgIpc) is 2.33. The maximum Gasteiger partial charge on any atom is 0.222 e. The van der Waals surface area contributed by atoms with E-state index in [1.165, 1.54) is 19.3 Å². The van der Waals surface area contributed by atoms with Gasteiger partial charge in [0, 0.05) is 25.6 Å². The third-order valence-corrected chi connectivity index (χ3v) is 3.98. The van der Waals surface area contributed by atoms with Crippen molar-refractivity contribution in [2.75, 3.05) is 7.05 Å². The van der Waals surface area contributed by atoms with Crippen molar-refractivity contribution in [3.8, 4) is 0 Å². The zero-order valence-electron chi connectivity index (χ0n) is 11.3. The van der Waals surface area contributed by atoms with E-state index in [1.54, 1.807) is 4.90 Å². The number of carbonyl (C=O) groups is 1. The zero-order valence-corrected chi connectivity index (χ0v) is 12.1. The topological polar surface area (TPSA) is 46.3 Å². The van der Waals surface area contributed by atoms with Crippen LogP contribution in [0.25, 0.3) is 0 Å². The second-order valence-electron chi connectivity index (χ2n) is 5.32. The number of thiocarbonyl (C=S) groups is 1. The first-order valence-corrected chi connectivity index (χ1v) is 7.10. The van der Waals surface area contributed by atoms with E-state index in [2.05, 4.69) is 0 Å². The maximum atomic E-state index is 12.0. The number of hydrogen-bond acceptors (Lipinski definition) is 2. The molecule has 1 aromatic carbocycles. The molecule has 1 aliphatic carbocycles. The highest BCUT2D eigenvalue weighted by atomic mass is 32.1. The first-order valence-electron chi connectivity index (χ1n) is 6.69. The van der Waals surface area contributed by atoms with Crippen LogP contribution in [-0.4, -0.2) is 22.8 Å². The number of nitrogens with two attached hydrogens (primary N) is 1. The van der Waals surface area contributed by atoms with Crippen molar-refractivity contribution in [1.29, 1.82) is 0 Å². The van der Waals surface area contributed by atoms with Crippen LogP contribution in [0.5, 0.6) is 0 Å². The van der Waals surface area contributed by atoms with Gasteiger partial charge in [0.15, 0.2) is 0 Å². The molecular weight excluding hydrogens is 256 g/mol. The van der Waals surface area contributed by atoms with Crippen LogP contribution in [0.4, 0.5) is 0 Å². The summed E-state index contributed by atoms with van der Waals surface area (Å²) in [6.45, 7) is 0.613. The summed E-state index contributed by atoms with van der Waals surface area (Å²) >= 11 is 4.96. The third kappa shape index (κ3) is 3.77. The molecule has 3 nitrogen and oxygen atoms in total. The quantitative estimate of drug-likeness (QED) is 0.840. The molecule has 0 bridgehead atoms. The number of nitrogens with zero attached hydrogens (tertiary/aromatic N) is 1. The second-order valence-corrected chi connectivity index (χ2v) is 5.76. The van der Waals surface area contributed by atoms with Crippen LogP contribution in [0.3, 0.4) is 0 Å². The molecule has 1 saturated carbocycles. The summed E-state index contributed by atoms with van der Waals surface area (Å²) in [6.07, 6.45) is 4.37. The molecule has 0 saturated heterocycles. The van der Waals surface area contributed by atoms with Gasteiger partial charge in [-0.2, -0.15) is 0 Å². The summed E-state index contributed by atoms with van der Waals surface area (Å²) in [6, 6.07) is 7.76. The molecule has 0 radical (unpaired) electrons. The first kappa shape index (κ1) is 14.0. The highest BCUT2D eigenvalue weighted by Crippen LogP contribution is 2.29. The Kier molecular flexibility index (Phi) is 4.53. The van der Waals surface area contributed by atoms with Gasteiger partial charge in [0.1, 0.15) is 4.99 Å². The van der Waals surface area contributed by atoms with Crippen molar-refractivity contribution in [3.05, 3.63) is 35.4 Å². The van der Waals surface area contributed by atoms with Gasteiger partial charge in [-0.15, -0.1) is 0 Å². The van der Waals surface area contributed by atoms with Crippen LogP contribution in [0, 0.1) is 5.92 Å². The molecule has 0 heterocycles. The third-order valence-electron chi connectivity index (χ3n) is 3.75. The second kappa shape index (κ2) is 6.15. The Morgan fingerprint density at radius 2 is 2.21 bits per heavy atom. The number of benzene rings is 1. The van der Waals surface area contributed by atoms with Crippen LogP contribution in [0.15, 0.2) is 24.3 Å². The van der Waals surface area contributed by atoms with Gasteiger partial charge in [0.2, 0.25) is 5.91 Å². The molecule has 1 amide bonds. The SMILES string of the molecule is CN(Cc1cccc(C(N)=S)c1)C(=O)CC1CCC1. The average molecular weight is 276 g/mol. The molecule has 0 aromatic heterocycles. The summed E-state index contributed by atoms with van der Waals surface area (Å²) < 4.78 is 0. The van der Waals surface area contributed by atoms with Gasteiger partial charge < -0.3 is 10.6 Å². The van der Waals surface area contributed by atoms with Crippen molar-refractivity contribution < 1.29 is 4.79 Å². The molecule has 1 aliphatic rings. The Balaban J connectivity index is 1.93. The molecule has 0 aliphatic heterocycles. The molecular formula is C15H20N2OS. The predicted octanol–water partition coefficient (Wildman–Crippen LogP) is 2.47. The Hall–Kier alpha value is -1.42. The van der Waals surface area contributed by atoms with E-state index in [0.717, 1.165) is 11.1 Å². The van der Waals surface area contributed by atoms with Crippen molar-refractivity contribution in [3.63, 3.8) is 0 Å². The van der Waals surface area contributed by atoms with Crippen molar-refractivity contribution in [2.24, 2.45) is 11.7 Å². The minimum atomic E-state index is 0.227. The summed E-state index contributed by atoms with van der Waals surface area (Å²) in [5, 5.41) is 0. The predicted molar refractivity (Wildman–Crippen MR) is 80.8 cm³/mol. The van der Waals surface area contributed by atoms with Crippen molar-refractivity contribution >= 4 is 23.1 Å². The molecule has 0 spiro atoms. The molecule has 0 atom stereocenters. The van der Waals surface area contributed by atoms with Gasteiger partial charge in [0.25, 0.3) is 0 Å². The van der Waals surface area contributed by atoms with E-state index >= 15 is 0 Å². The highest BCUT2D eigenvalue weighted by Gasteiger charge is 2.22. The fourth-order valence-corrected chi connectivity index (χ4v) is 2.41. The summed E-state index contributed by atoms with van der Waals surface area (Å²) in [4.78, 5) is 14.2. The Labute approximate surface area is 119 Å². The van der Waals surface area contributed by atoms with Crippen LogP contribution >= 0.6 is 12.2 Å². The molecule has 2 N–H and O–H groups in total. The van der Waals surface area contributed by atoms with Crippen LogP contribution in [0.1, 0.15) is 36.8 Å².